The Bertz CT molecular complexity index is 482. The first-order valence-corrected chi connectivity index (χ1v) is 8.15. The minimum Gasteiger partial charge on any atom is -0.369 e. The molecule has 1 aliphatic heterocycles. The van der Waals surface area contributed by atoms with Crippen LogP contribution < -0.4 is 10.6 Å². The van der Waals surface area contributed by atoms with Crippen molar-refractivity contribution >= 4 is 15.5 Å². The van der Waals surface area contributed by atoms with Crippen LogP contribution in [0.5, 0.6) is 0 Å². The molecule has 18 heavy (non-hydrogen) atoms. The van der Waals surface area contributed by atoms with Gasteiger partial charge in [-0.05, 0) is 24.1 Å². The van der Waals surface area contributed by atoms with Crippen molar-refractivity contribution in [1.82, 2.24) is 0 Å². The predicted octanol–water partition coefficient (Wildman–Crippen LogP) is 1.33. The molecule has 0 spiro atoms. The number of benzene rings is 1. The molecular formula is C13H20N2O2S. The Labute approximate surface area is 109 Å². The van der Waals surface area contributed by atoms with Gasteiger partial charge in [0.15, 0.2) is 9.84 Å². The molecule has 100 valence electrons. The standard InChI is InChI=1S/C13H20N2O2S/c1-2-13(14)11-3-5-12(6-4-11)15-7-9-18(16,17)10-8-15/h3-6,13H,2,7-10,14H2,1H3/t13-/m1/s1. The zero-order chi connectivity index (χ0) is 13.2. The van der Waals surface area contributed by atoms with E-state index in [1.54, 1.807) is 0 Å². The minimum atomic E-state index is -2.81. The molecule has 2 N–H and O–H groups in total. The smallest absolute Gasteiger partial charge is 0.153 e. The Morgan fingerprint density at radius 1 is 1.22 bits per heavy atom. The number of rotatable bonds is 3. The van der Waals surface area contributed by atoms with E-state index in [0.717, 1.165) is 17.7 Å². The van der Waals surface area contributed by atoms with Gasteiger partial charge in [0, 0.05) is 24.8 Å². The van der Waals surface area contributed by atoms with E-state index in [0.29, 0.717) is 13.1 Å². The van der Waals surface area contributed by atoms with Gasteiger partial charge in [0.1, 0.15) is 0 Å². The van der Waals surface area contributed by atoms with Crippen LogP contribution in [0.2, 0.25) is 0 Å². The van der Waals surface area contributed by atoms with Crippen LogP contribution in [0.15, 0.2) is 24.3 Å². The van der Waals surface area contributed by atoms with Crippen molar-refractivity contribution in [3.63, 3.8) is 0 Å². The van der Waals surface area contributed by atoms with Crippen LogP contribution in [0, 0.1) is 0 Å². The Morgan fingerprint density at radius 2 is 1.78 bits per heavy atom. The highest BCUT2D eigenvalue weighted by Gasteiger charge is 2.21. The molecule has 0 bridgehead atoms. The fourth-order valence-corrected chi connectivity index (χ4v) is 3.34. The van der Waals surface area contributed by atoms with Crippen LogP contribution in [-0.4, -0.2) is 33.0 Å². The molecule has 2 rings (SSSR count). The van der Waals surface area contributed by atoms with E-state index in [-0.39, 0.29) is 17.5 Å². The molecule has 0 saturated carbocycles. The van der Waals surface area contributed by atoms with Crippen LogP contribution in [0.1, 0.15) is 24.9 Å². The molecule has 0 unspecified atom stereocenters. The van der Waals surface area contributed by atoms with Gasteiger partial charge in [0.25, 0.3) is 0 Å². The Hall–Kier alpha value is -1.07. The molecule has 4 nitrogen and oxygen atoms in total. The second-order valence-corrected chi connectivity index (χ2v) is 7.05. The van der Waals surface area contributed by atoms with Crippen molar-refractivity contribution in [2.24, 2.45) is 5.73 Å². The first-order chi connectivity index (χ1) is 8.52. The third-order valence-corrected chi connectivity index (χ3v) is 5.08. The Kier molecular flexibility index (Phi) is 3.92. The van der Waals surface area contributed by atoms with E-state index in [1.165, 1.54) is 0 Å². The van der Waals surface area contributed by atoms with E-state index >= 15 is 0 Å². The maximum absolute atomic E-state index is 11.4. The van der Waals surface area contributed by atoms with Gasteiger partial charge in [-0.2, -0.15) is 0 Å². The monoisotopic (exact) mass is 268 g/mol. The van der Waals surface area contributed by atoms with Gasteiger partial charge in [0.2, 0.25) is 0 Å². The number of anilines is 1. The number of nitrogens with zero attached hydrogens (tertiary/aromatic N) is 1. The summed E-state index contributed by atoms with van der Waals surface area (Å²) in [5.41, 5.74) is 8.18. The van der Waals surface area contributed by atoms with Crippen LogP contribution >= 0.6 is 0 Å². The van der Waals surface area contributed by atoms with E-state index in [9.17, 15) is 8.42 Å². The van der Waals surface area contributed by atoms with Crippen LogP contribution in [0.4, 0.5) is 5.69 Å². The highest BCUT2D eigenvalue weighted by atomic mass is 32.2. The van der Waals surface area contributed by atoms with Gasteiger partial charge in [-0.1, -0.05) is 19.1 Å². The summed E-state index contributed by atoms with van der Waals surface area (Å²) in [5, 5.41) is 0. The lowest BCUT2D eigenvalue weighted by Crippen LogP contribution is -2.40. The molecule has 1 aromatic carbocycles. The lowest BCUT2D eigenvalue weighted by molar-refractivity contribution is 0.587. The minimum absolute atomic E-state index is 0.0841. The molecule has 1 atom stereocenters. The molecule has 1 aromatic rings. The molecule has 1 aliphatic rings. The molecule has 1 saturated heterocycles. The van der Waals surface area contributed by atoms with Crippen molar-refractivity contribution < 1.29 is 8.42 Å². The van der Waals surface area contributed by atoms with E-state index in [4.69, 9.17) is 5.73 Å². The number of hydrogen-bond donors (Lipinski definition) is 1. The number of hydrogen-bond acceptors (Lipinski definition) is 4. The van der Waals surface area contributed by atoms with Gasteiger partial charge in [0.05, 0.1) is 11.5 Å². The second-order valence-electron chi connectivity index (χ2n) is 4.75. The lowest BCUT2D eigenvalue weighted by atomic mass is 10.1. The third kappa shape index (κ3) is 3.03. The summed E-state index contributed by atoms with van der Waals surface area (Å²) in [6.45, 7) is 3.23. The second kappa shape index (κ2) is 5.28. The van der Waals surface area contributed by atoms with Crippen molar-refractivity contribution in [3.8, 4) is 0 Å². The molecule has 1 fully saturated rings. The van der Waals surface area contributed by atoms with Crippen molar-refractivity contribution in [2.45, 2.75) is 19.4 Å². The molecule has 0 amide bonds. The molecule has 5 heteroatoms. The third-order valence-electron chi connectivity index (χ3n) is 3.47. The maximum Gasteiger partial charge on any atom is 0.153 e. The van der Waals surface area contributed by atoms with Gasteiger partial charge < -0.3 is 10.6 Å². The summed E-state index contributed by atoms with van der Waals surface area (Å²) in [6, 6.07) is 8.21. The van der Waals surface area contributed by atoms with Gasteiger partial charge in [-0.25, -0.2) is 8.42 Å². The Balaban J connectivity index is 2.07. The number of nitrogens with two attached hydrogens (primary N) is 1. The van der Waals surface area contributed by atoms with Crippen LogP contribution in [-0.2, 0) is 9.84 Å². The molecule has 1 heterocycles. The quantitative estimate of drug-likeness (QED) is 0.898. The average molecular weight is 268 g/mol. The summed E-state index contributed by atoms with van der Waals surface area (Å²) >= 11 is 0. The summed E-state index contributed by atoms with van der Waals surface area (Å²) in [5.74, 6) is 0.506. The number of sulfone groups is 1. The van der Waals surface area contributed by atoms with E-state index in [2.05, 4.69) is 11.8 Å². The topological polar surface area (TPSA) is 63.4 Å². The van der Waals surface area contributed by atoms with Crippen LogP contribution in [0.3, 0.4) is 0 Å². The highest BCUT2D eigenvalue weighted by Crippen LogP contribution is 2.21. The van der Waals surface area contributed by atoms with E-state index in [1.807, 2.05) is 24.3 Å². The van der Waals surface area contributed by atoms with E-state index < -0.39 is 9.84 Å². The van der Waals surface area contributed by atoms with Crippen molar-refractivity contribution in [3.05, 3.63) is 29.8 Å². The summed E-state index contributed by atoms with van der Waals surface area (Å²) in [7, 11) is -2.81. The largest absolute Gasteiger partial charge is 0.369 e. The Morgan fingerprint density at radius 3 is 2.28 bits per heavy atom. The molecule has 0 radical (unpaired) electrons. The van der Waals surface area contributed by atoms with Crippen LogP contribution in [0.25, 0.3) is 0 Å². The maximum atomic E-state index is 11.4. The SMILES string of the molecule is CC[C@@H](N)c1ccc(N2CCS(=O)(=O)CC2)cc1. The fourth-order valence-electron chi connectivity index (χ4n) is 2.14. The lowest BCUT2D eigenvalue weighted by Gasteiger charge is -2.29. The zero-order valence-electron chi connectivity index (χ0n) is 10.7. The first-order valence-electron chi connectivity index (χ1n) is 6.33. The van der Waals surface area contributed by atoms with Gasteiger partial charge >= 0.3 is 0 Å². The molecule has 0 aromatic heterocycles. The molecule has 0 aliphatic carbocycles. The van der Waals surface area contributed by atoms with Crippen molar-refractivity contribution in [1.29, 1.82) is 0 Å². The van der Waals surface area contributed by atoms with Gasteiger partial charge in [-0.3, -0.25) is 0 Å². The normalized spacial score (nSPS) is 20.7. The zero-order valence-corrected chi connectivity index (χ0v) is 11.5. The predicted molar refractivity (Wildman–Crippen MR) is 74.5 cm³/mol. The highest BCUT2D eigenvalue weighted by molar-refractivity contribution is 7.91. The van der Waals surface area contributed by atoms with Crippen molar-refractivity contribution in [2.75, 3.05) is 29.5 Å². The summed E-state index contributed by atoms with van der Waals surface area (Å²) in [6.07, 6.45) is 0.918. The fraction of sp³-hybridized carbons (Fsp3) is 0.538. The first kappa shape index (κ1) is 13.4. The summed E-state index contributed by atoms with van der Waals surface area (Å²) < 4.78 is 22.7. The summed E-state index contributed by atoms with van der Waals surface area (Å²) in [4.78, 5) is 2.11. The average Bonchev–Trinajstić information content (AvgIpc) is 2.38. The molecular weight excluding hydrogens is 248 g/mol. The van der Waals surface area contributed by atoms with Gasteiger partial charge in [-0.15, -0.1) is 0 Å².